The summed E-state index contributed by atoms with van der Waals surface area (Å²) < 4.78 is 12.5. The summed E-state index contributed by atoms with van der Waals surface area (Å²) in [4.78, 5) is 0. The molecule has 2 aliphatic rings. The highest BCUT2D eigenvalue weighted by Gasteiger charge is 2.49. The van der Waals surface area contributed by atoms with Crippen LogP contribution in [0.4, 0.5) is 0 Å². The molecule has 1 aromatic rings. The second kappa shape index (κ2) is 4.76. The highest BCUT2D eigenvalue weighted by atomic mass is 79.9. The average Bonchev–Trinajstić information content (AvgIpc) is 2.72. The molecule has 0 bridgehead atoms. The smallest absolute Gasteiger partial charge is 0.166 e. The number of methoxy groups -OCH3 is 1. The van der Waals surface area contributed by atoms with E-state index in [-0.39, 0.29) is 11.5 Å². The number of ether oxygens (including phenoxy) is 2. The van der Waals surface area contributed by atoms with Gasteiger partial charge in [-0.2, -0.15) is 0 Å². The molecule has 0 amide bonds. The summed E-state index contributed by atoms with van der Waals surface area (Å²) in [6.07, 6.45) is 3.89. The third-order valence-corrected chi connectivity index (χ3v) is 5.02. The van der Waals surface area contributed by atoms with Crippen molar-refractivity contribution in [1.82, 2.24) is 0 Å². The number of hydrogen-bond donors (Lipinski definition) is 2. The molecule has 3 rings (SSSR count). The Hall–Kier alpha value is -1.04. The van der Waals surface area contributed by atoms with Crippen molar-refractivity contribution in [1.29, 1.82) is 0 Å². The van der Waals surface area contributed by atoms with Crippen LogP contribution in [0, 0.1) is 0 Å². The van der Waals surface area contributed by atoms with E-state index in [4.69, 9.17) is 15.2 Å². The zero-order valence-corrected chi connectivity index (χ0v) is 13.1. The predicted molar refractivity (Wildman–Crippen MR) is 80.1 cm³/mol. The number of rotatable bonds is 2. The molecule has 3 atom stereocenters. The molecule has 0 saturated heterocycles. The molecular weight excluding hydrogens is 322 g/mol. The molecule has 0 saturated carbocycles. The Balaban J connectivity index is 2.25. The van der Waals surface area contributed by atoms with Crippen molar-refractivity contribution in [2.24, 2.45) is 5.73 Å². The maximum absolute atomic E-state index is 9.83. The first-order valence-corrected chi connectivity index (χ1v) is 7.44. The molecule has 1 aliphatic carbocycles. The minimum Gasteiger partial charge on any atom is -0.493 e. The van der Waals surface area contributed by atoms with Gasteiger partial charge in [-0.1, -0.05) is 28.1 Å². The number of halogens is 1. The average molecular weight is 340 g/mol. The number of benzene rings is 1. The molecule has 0 aromatic heterocycles. The lowest BCUT2D eigenvalue weighted by molar-refractivity contribution is 0.0932. The van der Waals surface area contributed by atoms with Crippen molar-refractivity contribution in [3.05, 3.63) is 33.8 Å². The van der Waals surface area contributed by atoms with Crippen LogP contribution in [0.2, 0.25) is 0 Å². The lowest BCUT2D eigenvalue weighted by Gasteiger charge is -2.33. The highest BCUT2D eigenvalue weighted by molar-refractivity contribution is 9.10. The summed E-state index contributed by atoms with van der Waals surface area (Å²) in [7, 11) is 1.63. The highest BCUT2D eigenvalue weighted by Crippen LogP contribution is 2.54. The first-order chi connectivity index (χ1) is 9.51. The van der Waals surface area contributed by atoms with Gasteiger partial charge in [0.15, 0.2) is 11.5 Å². The molecule has 108 valence electrons. The van der Waals surface area contributed by atoms with E-state index < -0.39 is 6.10 Å². The van der Waals surface area contributed by atoms with Crippen LogP contribution in [0.25, 0.3) is 0 Å². The van der Waals surface area contributed by atoms with E-state index in [1.807, 2.05) is 18.2 Å². The summed E-state index contributed by atoms with van der Waals surface area (Å²) in [5.74, 6) is 1.45. The Morgan fingerprint density at radius 2 is 2.35 bits per heavy atom. The quantitative estimate of drug-likeness (QED) is 0.811. The fourth-order valence-electron chi connectivity index (χ4n) is 3.20. The molecule has 1 aliphatic heterocycles. The van der Waals surface area contributed by atoms with Gasteiger partial charge in [0, 0.05) is 23.0 Å². The summed E-state index contributed by atoms with van der Waals surface area (Å²) in [6.45, 7) is 2.55. The van der Waals surface area contributed by atoms with E-state index in [2.05, 4.69) is 22.9 Å². The summed E-state index contributed by atoms with van der Waals surface area (Å²) >= 11 is 3.57. The van der Waals surface area contributed by atoms with Gasteiger partial charge in [0.25, 0.3) is 0 Å². The largest absolute Gasteiger partial charge is 0.493 e. The third kappa shape index (κ3) is 1.80. The van der Waals surface area contributed by atoms with Crippen molar-refractivity contribution in [2.45, 2.75) is 37.5 Å². The van der Waals surface area contributed by atoms with Crippen molar-refractivity contribution >= 4 is 15.9 Å². The normalized spacial score (nSPS) is 30.6. The van der Waals surface area contributed by atoms with E-state index >= 15 is 0 Å². The van der Waals surface area contributed by atoms with E-state index in [1.54, 1.807) is 7.11 Å². The van der Waals surface area contributed by atoms with E-state index in [9.17, 15) is 5.11 Å². The van der Waals surface area contributed by atoms with Gasteiger partial charge >= 0.3 is 0 Å². The van der Waals surface area contributed by atoms with E-state index in [0.717, 1.165) is 21.3 Å². The van der Waals surface area contributed by atoms with Gasteiger partial charge < -0.3 is 20.3 Å². The number of aliphatic hydroxyl groups is 1. The summed E-state index contributed by atoms with van der Waals surface area (Å²) in [5, 5.41) is 9.83. The zero-order chi connectivity index (χ0) is 14.5. The van der Waals surface area contributed by atoms with Crippen LogP contribution in [0.5, 0.6) is 11.5 Å². The molecule has 0 spiro atoms. The van der Waals surface area contributed by atoms with Crippen LogP contribution in [0.3, 0.4) is 0 Å². The van der Waals surface area contributed by atoms with Crippen LogP contribution in [-0.2, 0) is 12.0 Å². The topological polar surface area (TPSA) is 64.7 Å². The van der Waals surface area contributed by atoms with Gasteiger partial charge in [0.05, 0.1) is 18.6 Å². The predicted octanol–water partition coefficient (Wildman–Crippen LogP) is 2.26. The van der Waals surface area contributed by atoms with Gasteiger partial charge in [0.1, 0.15) is 6.10 Å². The molecule has 4 nitrogen and oxygen atoms in total. The molecule has 5 heteroatoms. The standard InChI is InChI=1S/C15H18BrNO3/c1-15-4-3-8(18)5-12(15)20-14-11(19-2)6-10(16)9(7-17)13(14)15/h3-4,6,8,12,18H,5,7,17H2,1-2H3/t8-,12+,15-/m1/s1. The second-order valence-electron chi connectivity index (χ2n) is 5.50. The monoisotopic (exact) mass is 339 g/mol. The maximum atomic E-state index is 9.83. The molecule has 1 heterocycles. The maximum Gasteiger partial charge on any atom is 0.166 e. The molecular formula is C15H18BrNO3. The van der Waals surface area contributed by atoms with Crippen LogP contribution in [-0.4, -0.2) is 24.4 Å². The molecule has 0 fully saturated rings. The second-order valence-corrected chi connectivity index (χ2v) is 6.35. The molecule has 3 N–H and O–H groups in total. The van der Waals surface area contributed by atoms with Crippen molar-refractivity contribution in [3.63, 3.8) is 0 Å². The number of aliphatic hydroxyl groups excluding tert-OH is 1. The van der Waals surface area contributed by atoms with E-state index in [0.29, 0.717) is 18.7 Å². The third-order valence-electron chi connectivity index (χ3n) is 4.31. The fraction of sp³-hybridized carbons (Fsp3) is 0.467. The van der Waals surface area contributed by atoms with Crippen LogP contribution in [0.1, 0.15) is 24.5 Å². The molecule has 0 radical (unpaired) electrons. The van der Waals surface area contributed by atoms with Gasteiger partial charge in [-0.05, 0) is 18.6 Å². The van der Waals surface area contributed by atoms with Crippen molar-refractivity contribution in [2.75, 3.05) is 7.11 Å². The van der Waals surface area contributed by atoms with Crippen LogP contribution >= 0.6 is 15.9 Å². The Kier molecular flexibility index (Phi) is 3.31. The summed E-state index contributed by atoms with van der Waals surface area (Å²) in [5.41, 5.74) is 7.75. The molecule has 1 aromatic carbocycles. The van der Waals surface area contributed by atoms with Gasteiger partial charge in [-0.25, -0.2) is 0 Å². The Bertz CT molecular complexity index is 587. The van der Waals surface area contributed by atoms with Crippen molar-refractivity contribution in [3.8, 4) is 11.5 Å². The lowest BCUT2D eigenvalue weighted by Crippen LogP contribution is -2.39. The Morgan fingerprint density at radius 1 is 1.60 bits per heavy atom. The Labute approximate surface area is 126 Å². The van der Waals surface area contributed by atoms with Crippen molar-refractivity contribution < 1.29 is 14.6 Å². The lowest BCUT2D eigenvalue weighted by atomic mass is 9.72. The first kappa shape index (κ1) is 13.9. The summed E-state index contributed by atoms with van der Waals surface area (Å²) in [6, 6.07) is 1.89. The number of hydrogen-bond acceptors (Lipinski definition) is 4. The van der Waals surface area contributed by atoms with Gasteiger partial charge in [-0.3, -0.25) is 0 Å². The molecule has 20 heavy (non-hydrogen) atoms. The van der Waals surface area contributed by atoms with E-state index in [1.165, 1.54) is 0 Å². The van der Waals surface area contributed by atoms with Crippen LogP contribution < -0.4 is 15.2 Å². The Morgan fingerprint density at radius 3 is 3.00 bits per heavy atom. The minimum atomic E-state index is -0.460. The zero-order valence-electron chi connectivity index (χ0n) is 11.5. The number of fused-ring (bicyclic) bond motifs is 3. The minimum absolute atomic E-state index is 0.0917. The molecule has 0 unspecified atom stereocenters. The van der Waals surface area contributed by atoms with Gasteiger partial charge in [0.2, 0.25) is 0 Å². The number of nitrogens with two attached hydrogens (primary N) is 1. The van der Waals surface area contributed by atoms with Crippen LogP contribution in [0.15, 0.2) is 22.7 Å². The SMILES string of the molecule is COc1cc(Br)c(CN)c2c1O[C@H]1C[C@H](O)C=C[C@@]21C. The van der Waals surface area contributed by atoms with Gasteiger partial charge in [-0.15, -0.1) is 0 Å². The fourth-order valence-corrected chi connectivity index (χ4v) is 3.77. The first-order valence-electron chi connectivity index (χ1n) is 6.65.